The highest BCUT2D eigenvalue weighted by molar-refractivity contribution is 6.15. The van der Waals surface area contributed by atoms with Gasteiger partial charge in [-0.05, 0) is 63.8 Å². The van der Waals surface area contributed by atoms with E-state index in [1.54, 1.807) is 4.57 Å². The molecule has 0 atom stereocenters. The summed E-state index contributed by atoms with van der Waals surface area (Å²) >= 11 is 0. The largest absolute Gasteiger partial charge is 0.437 e. The molecular weight excluding hydrogens is 596 g/mol. The van der Waals surface area contributed by atoms with Crippen LogP contribution in [0.2, 0.25) is 0 Å². The second kappa shape index (κ2) is 12.0. The van der Waals surface area contributed by atoms with Crippen molar-refractivity contribution in [3.63, 3.8) is 0 Å². The monoisotopic (exact) mass is 625 g/mol. The summed E-state index contributed by atoms with van der Waals surface area (Å²) in [5.74, 6) is 0. The normalized spacial score (nSPS) is 16.9. The number of carbonyl (C=O) groups excluding carboxylic acids is 2. The molecule has 44 heavy (non-hydrogen) atoms. The number of carbonyl (C=O) groups is 2. The van der Waals surface area contributed by atoms with E-state index < -0.39 is 47.1 Å². The van der Waals surface area contributed by atoms with E-state index in [1.165, 1.54) is 21.9 Å². The van der Waals surface area contributed by atoms with Crippen molar-refractivity contribution in [2.75, 3.05) is 26.2 Å². The standard InChI is InChI=1S/C29H29F6N5O4/c1-17(2)40-22-9-7-18(24(28(30,31)32)36-43-26(41)38-11-3-4-12-38)15-20(22)21-16-19(8-10-23(21)40)25(29(33,34)35)37-44-27(42)39-13-5-6-14-39/h7-10,15-17H,3-6,11-14H2,1-2H3/b36-24-,37-25-. The molecule has 3 heterocycles. The van der Waals surface area contributed by atoms with Crippen molar-refractivity contribution < 1.29 is 45.6 Å². The Balaban J connectivity index is 1.60. The fourth-order valence-corrected chi connectivity index (χ4v) is 5.52. The number of nitrogens with zero attached hydrogens (tertiary/aromatic N) is 5. The molecule has 0 aliphatic carbocycles. The predicted molar refractivity (Wildman–Crippen MR) is 150 cm³/mol. The molecule has 0 bridgehead atoms. The number of fused-ring (bicyclic) bond motifs is 3. The molecule has 2 saturated heterocycles. The quantitative estimate of drug-likeness (QED) is 0.128. The minimum atomic E-state index is -5.02. The predicted octanol–water partition coefficient (Wildman–Crippen LogP) is 7.37. The van der Waals surface area contributed by atoms with Gasteiger partial charge < -0.3 is 14.4 Å². The molecule has 2 fully saturated rings. The van der Waals surface area contributed by atoms with Gasteiger partial charge in [-0.2, -0.15) is 26.3 Å². The van der Waals surface area contributed by atoms with Crippen LogP contribution in [0.1, 0.15) is 56.7 Å². The second-order valence-corrected chi connectivity index (χ2v) is 10.9. The zero-order chi connectivity index (χ0) is 31.8. The van der Waals surface area contributed by atoms with Crippen molar-refractivity contribution in [3.8, 4) is 0 Å². The molecule has 5 rings (SSSR count). The Morgan fingerprint density at radius 3 is 1.36 bits per heavy atom. The van der Waals surface area contributed by atoms with Crippen LogP contribution in [0.15, 0.2) is 46.7 Å². The fourth-order valence-electron chi connectivity index (χ4n) is 5.52. The molecule has 9 nitrogen and oxygen atoms in total. The molecule has 0 spiro atoms. The van der Waals surface area contributed by atoms with Gasteiger partial charge in [0.1, 0.15) is 0 Å². The summed E-state index contributed by atoms with van der Waals surface area (Å²) < 4.78 is 86.5. The maximum atomic E-state index is 14.1. The Hall–Kier alpha value is -4.30. The average molecular weight is 626 g/mol. The highest BCUT2D eigenvalue weighted by atomic mass is 19.4. The molecule has 2 amide bonds. The van der Waals surface area contributed by atoms with E-state index in [0.717, 1.165) is 24.3 Å². The van der Waals surface area contributed by atoms with Crippen molar-refractivity contribution >= 4 is 45.4 Å². The summed E-state index contributed by atoms with van der Waals surface area (Å²) in [6, 6.07) is 7.22. The number of amides is 2. The number of hydrogen-bond acceptors (Lipinski definition) is 6. The zero-order valence-electron chi connectivity index (χ0n) is 23.8. The number of alkyl halides is 6. The van der Waals surface area contributed by atoms with Crippen LogP contribution in [0.5, 0.6) is 0 Å². The summed E-state index contributed by atoms with van der Waals surface area (Å²) in [5, 5.41) is 6.73. The first kappa shape index (κ1) is 31.1. The molecule has 2 aliphatic heterocycles. The summed E-state index contributed by atoms with van der Waals surface area (Å²) in [7, 11) is 0. The highest BCUT2D eigenvalue weighted by Crippen LogP contribution is 2.36. The Morgan fingerprint density at radius 2 is 1.05 bits per heavy atom. The number of halogens is 6. The minimum absolute atomic E-state index is 0.200. The SMILES string of the molecule is CC(C)n1c2ccc(/C(=N/OC(=O)N3CCCC3)C(F)(F)F)cc2c2cc(/C(=N/OC(=O)N3CCCC3)C(F)(F)F)ccc21. The number of rotatable bonds is 5. The van der Waals surface area contributed by atoms with Crippen LogP contribution in [0.25, 0.3) is 21.8 Å². The lowest BCUT2D eigenvalue weighted by Crippen LogP contribution is -2.29. The lowest BCUT2D eigenvalue weighted by molar-refractivity contribution is -0.0614. The Morgan fingerprint density at radius 1 is 0.682 bits per heavy atom. The van der Waals surface area contributed by atoms with Crippen LogP contribution >= 0.6 is 0 Å². The molecule has 0 unspecified atom stereocenters. The van der Waals surface area contributed by atoms with Gasteiger partial charge in [-0.15, -0.1) is 0 Å². The molecule has 0 radical (unpaired) electrons. The van der Waals surface area contributed by atoms with Crippen molar-refractivity contribution in [1.82, 2.24) is 14.4 Å². The molecule has 15 heteroatoms. The van der Waals surface area contributed by atoms with E-state index >= 15 is 0 Å². The summed E-state index contributed by atoms with van der Waals surface area (Å²) in [4.78, 5) is 36.2. The van der Waals surface area contributed by atoms with Gasteiger partial charge in [0.25, 0.3) is 0 Å². The van der Waals surface area contributed by atoms with Gasteiger partial charge in [0.05, 0.1) is 0 Å². The van der Waals surface area contributed by atoms with Crippen molar-refractivity contribution in [2.45, 2.75) is 57.9 Å². The number of oxime groups is 2. The van der Waals surface area contributed by atoms with Gasteiger partial charge in [-0.25, -0.2) is 9.59 Å². The fraction of sp³-hybridized carbons (Fsp3) is 0.448. The highest BCUT2D eigenvalue weighted by Gasteiger charge is 2.40. The van der Waals surface area contributed by atoms with E-state index in [-0.39, 0.29) is 16.8 Å². The molecule has 0 N–H and O–H groups in total. The Kier molecular flexibility index (Phi) is 8.49. The summed E-state index contributed by atoms with van der Waals surface area (Å²) in [6.45, 7) is 5.03. The third kappa shape index (κ3) is 6.31. The maximum Gasteiger partial charge on any atom is 0.437 e. The van der Waals surface area contributed by atoms with Crippen LogP contribution in [0.4, 0.5) is 35.9 Å². The van der Waals surface area contributed by atoms with Gasteiger partial charge in [0.15, 0.2) is 11.4 Å². The Bertz CT molecular complexity index is 1520. The molecule has 2 aromatic carbocycles. The van der Waals surface area contributed by atoms with Gasteiger partial charge in [-0.3, -0.25) is 9.68 Å². The third-order valence-corrected chi connectivity index (χ3v) is 7.56. The maximum absolute atomic E-state index is 14.1. The number of hydrogen-bond donors (Lipinski definition) is 0. The zero-order valence-corrected chi connectivity index (χ0v) is 23.8. The lowest BCUT2D eigenvalue weighted by Gasteiger charge is -2.15. The van der Waals surface area contributed by atoms with Crippen LogP contribution in [-0.2, 0) is 9.68 Å². The average Bonchev–Trinajstić information content (AvgIpc) is 3.72. The molecule has 1 aromatic heterocycles. The smallest absolute Gasteiger partial charge is 0.338 e. The van der Waals surface area contributed by atoms with Crippen LogP contribution in [0.3, 0.4) is 0 Å². The van der Waals surface area contributed by atoms with Crippen LogP contribution < -0.4 is 0 Å². The van der Waals surface area contributed by atoms with Gasteiger partial charge in [0, 0.05) is 65.2 Å². The summed E-state index contributed by atoms with van der Waals surface area (Å²) in [6.07, 6.45) is -9.25. The topological polar surface area (TPSA) is 88.7 Å². The van der Waals surface area contributed by atoms with E-state index in [0.29, 0.717) is 62.9 Å². The number of aromatic nitrogens is 1. The molecule has 3 aromatic rings. The number of benzene rings is 2. The van der Waals surface area contributed by atoms with Crippen molar-refractivity contribution in [3.05, 3.63) is 47.5 Å². The van der Waals surface area contributed by atoms with Crippen LogP contribution in [-0.4, -0.2) is 76.5 Å². The molecule has 2 aliphatic rings. The molecule has 236 valence electrons. The molecule has 0 saturated carbocycles. The van der Waals surface area contributed by atoms with Crippen molar-refractivity contribution in [1.29, 1.82) is 0 Å². The first-order chi connectivity index (χ1) is 20.8. The van der Waals surface area contributed by atoms with Gasteiger partial charge in [-0.1, -0.05) is 22.4 Å². The van der Waals surface area contributed by atoms with E-state index in [2.05, 4.69) is 20.0 Å². The first-order valence-corrected chi connectivity index (χ1v) is 14.1. The van der Waals surface area contributed by atoms with E-state index in [4.69, 9.17) is 0 Å². The first-order valence-electron chi connectivity index (χ1n) is 14.1. The Labute approximate surface area is 247 Å². The molecular formula is C29H29F6N5O4. The van der Waals surface area contributed by atoms with Gasteiger partial charge in [0.2, 0.25) is 0 Å². The van der Waals surface area contributed by atoms with E-state index in [1.807, 2.05) is 13.8 Å². The lowest BCUT2D eigenvalue weighted by atomic mass is 10.0. The second-order valence-electron chi connectivity index (χ2n) is 10.9. The van der Waals surface area contributed by atoms with Crippen molar-refractivity contribution in [2.24, 2.45) is 10.3 Å². The minimum Gasteiger partial charge on any atom is -0.338 e. The van der Waals surface area contributed by atoms with Crippen LogP contribution in [0, 0.1) is 0 Å². The third-order valence-electron chi connectivity index (χ3n) is 7.56. The van der Waals surface area contributed by atoms with E-state index in [9.17, 15) is 35.9 Å². The number of likely N-dealkylation sites (tertiary alicyclic amines) is 2. The van der Waals surface area contributed by atoms with Gasteiger partial charge >= 0.3 is 24.5 Å². The summed E-state index contributed by atoms with van der Waals surface area (Å²) in [5.41, 5.74) is -2.93.